The van der Waals surface area contributed by atoms with Crippen molar-refractivity contribution in [3.8, 4) is 0 Å². The molecule has 0 spiro atoms. The van der Waals surface area contributed by atoms with Crippen molar-refractivity contribution in [2.24, 2.45) is 0 Å². The molecule has 0 saturated heterocycles. The number of carbonyl (C=O) groups is 1. The third-order valence-electron chi connectivity index (χ3n) is 4.73. The fourth-order valence-electron chi connectivity index (χ4n) is 3.37. The molecule has 3 rings (SSSR count). The van der Waals surface area contributed by atoms with Crippen LogP contribution in [0.15, 0.2) is 35.1 Å². The number of benzene rings is 1. The van der Waals surface area contributed by atoms with Crippen LogP contribution in [0.2, 0.25) is 5.02 Å². The minimum atomic E-state index is -0.379. The molecule has 1 aromatic heterocycles. The van der Waals surface area contributed by atoms with Gasteiger partial charge in [-0.25, -0.2) is 0 Å². The zero-order valence-corrected chi connectivity index (χ0v) is 16.1. The Morgan fingerprint density at radius 3 is 3.00 bits per heavy atom. The lowest BCUT2D eigenvalue weighted by molar-refractivity contribution is 0.0935. The van der Waals surface area contributed by atoms with E-state index < -0.39 is 0 Å². The summed E-state index contributed by atoms with van der Waals surface area (Å²) in [6.45, 7) is 1.43. The Morgan fingerprint density at radius 2 is 2.22 bits per heavy atom. The van der Waals surface area contributed by atoms with E-state index in [4.69, 9.17) is 16.3 Å². The normalized spacial score (nSPS) is 16.0. The number of hydrogen-bond acceptors (Lipinski definition) is 4. The maximum absolute atomic E-state index is 12.3. The standard InChI is InChI=1S/C20H24ClN3O3/c1-27-9-8-22-19(25)16-11-15-17(6-3-7-18(15)24-20(16)26)23-12-13-4-2-5-14(21)10-13/h2,4-5,10-11,17,23H,3,6-9,12H2,1H3,(H,22,25)(H,24,26). The monoisotopic (exact) mass is 389 g/mol. The first-order chi connectivity index (χ1) is 13.1. The Balaban J connectivity index is 1.77. The molecule has 27 heavy (non-hydrogen) atoms. The van der Waals surface area contributed by atoms with Crippen LogP contribution in [0.5, 0.6) is 0 Å². The number of aromatic nitrogens is 1. The first kappa shape index (κ1) is 19.6. The Kier molecular flexibility index (Phi) is 6.66. The molecule has 3 N–H and O–H groups in total. The van der Waals surface area contributed by atoms with Crippen LogP contribution in [0.1, 0.15) is 46.1 Å². The van der Waals surface area contributed by atoms with E-state index >= 15 is 0 Å². The zero-order chi connectivity index (χ0) is 19.2. The lowest BCUT2D eigenvalue weighted by Crippen LogP contribution is -2.34. The zero-order valence-electron chi connectivity index (χ0n) is 15.3. The molecule has 6 nitrogen and oxygen atoms in total. The third-order valence-corrected chi connectivity index (χ3v) is 4.97. The molecule has 1 atom stereocenters. The molecule has 144 valence electrons. The number of fused-ring (bicyclic) bond motifs is 1. The summed E-state index contributed by atoms with van der Waals surface area (Å²) in [5, 5.41) is 6.94. The topological polar surface area (TPSA) is 83.2 Å². The summed E-state index contributed by atoms with van der Waals surface area (Å²) in [7, 11) is 1.56. The summed E-state index contributed by atoms with van der Waals surface area (Å²) in [6.07, 6.45) is 2.74. The van der Waals surface area contributed by atoms with Crippen molar-refractivity contribution in [3.05, 3.63) is 68.1 Å². The largest absolute Gasteiger partial charge is 0.383 e. The molecule has 0 saturated carbocycles. The van der Waals surface area contributed by atoms with E-state index in [-0.39, 0.29) is 23.1 Å². The molecule has 1 amide bonds. The molecule has 0 aliphatic heterocycles. The van der Waals surface area contributed by atoms with Crippen molar-refractivity contribution in [2.45, 2.75) is 31.8 Å². The molecule has 2 aromatic rings. The van der Waals surface area contributed by atoms with Crippen LogP contribution in [-0.4, -0.2) is 31.2 Å². The van der Waals surface area contributed by atoms with Crippen LogP contribution in [0.4, 0.5) is 0 Å². The number of carbonyl (C=O) groups excluding carboxylic acids is 1. The molecule has 1 heterocycles. The molecule has 0 radical (unpaired) electrons. The SMILES string of the molecule is COCCNC(=O)c1cc2c([nH]c1=O)CCCC2NCc1cccc(Cl)c1. The van der Waals surface area contributed by atoms with Gasteiger partial charge in [-0.15, -0.1) is 0 Å². The van der Waals surface area contributed by atoms with E-state index in [1.165, 1.54) is 0 Å². The second kappa shape index (κ2) is 9.17. The molecule has 1 aliphatic rings. The number of ether oxygens (including phenoxy) is 1. The minimum absolute atomic E-state index is 0.0788. The van der Waals surface area contributed by atoms with E-state index in [2.05, 4.69) is 15.6 Å². The van der Waals surface area contributed by atoms with Crippen LogP contribution in [0, 0.1) is 0 Å². The van der Waals surface area contributed by atoms with Crippen molar-refractivity contribution < 1.29 is 9.53 Å². The van der Waals surface area contributed by atoms with Crippen molar-refractivity contribution in [1.82, 2.24) is 15.6 Å². The minimum Gasteiger partial charge on any atom is -0.383 e. The number of hydrogen-bond donors (Lipinski definition) is 3. The smallest absolute Gasteiger partial charge is 0.261 e. The van der Waals surface area contributed by atoms with Crippen LogP contribution in [0.3, 0.4) is 0 Å². The number of aryl methyl sites for hydroxylation is 1. The Labute approximate surface area is 163 Å². The van der Waals surface area contributed by atoms with Crippen molar-refractivity contribution >= 4 is 17.5 Å². The van der Waals surface area contributed by atoms with Gasteiger partial charge in [0, 0.05) is 37.0 Å². The quantitative estimate of drug-likeness (QED) is 0.635. The molecule has 1 aliphatic carbocycles. The average Bonchev–Trinajstić information content (AvgIpc) is 2.66. The highest BCUT2D eigenvalue weighted by Gasteiger charge is 2.23. The summed E-state index contributed by atoms with van der Waals surface area (Å²) in [5.74, 6) is -0.379. The van der Waals surface area contributed by atoms with Crippen LogP contribution in [0.25, 0.3) is 0 Å². The summed E-state index contributed by atoms with van der Waals surface area (Å²) in [4.78, 5) is 27.5. The number of methoxy groups -OCH3 is 1. The number of halogens is 1. The average molecular weight is 390 g/mol. The predicted molar refractivity (Wildman–Crippen MR) is 105 cm³/mol. The van der Waals surface area contributed by atoms with Gasteiger partial charge < -0.3 is 20.4 Å². The van der Waals surface area contributed by atoms with Crippen LogP contribution in [-0.2, 0) is 17.7 Å². The van der Waals surface area contributed by atoms with Crippen LogP contribution < -0.4 is 16.2 Å². The lowest BCUT2D eigenvalue weighted by atomic mass is 9.90. The molecular formula is C20H24ClN3O3. The van der Waals surface area contributed by atoms with Gasteiger partial charge >= 0.3 is 0 Å². The maximum atomic E-state index is 12.3. The summed E-state index contributed by atoms with van der Waals surface area (Å²) < 4.78 is 4.93. The van der Waals surface area contributed by atoms with E-state index in [0.29, 0.717) is 24.7 Å². The molecule has 1 unspecified atom stereocenters. The van der Waals surface area contributed by atoms with E-state index in [1.54, 1.807) is 13.2 Å². The fraction of sp³-hybridized carbons (Fsp3) is 0.400. The molecule has 0 bridgehead atoms. The van der Waals surface area contributed by atoms with Gasteiger partial charge in [-0.2, -0.15) is 0 Å². The highest BCUT2D eigenvalue weighted by Crippen LogP contribution is 2.28. The van der Waals surface area contributed by atoms with E-state index in [1.807, 2.05) is 24.3 Å². The lowest BCUT2D eigenvalue weighted by Gasteiger charge is -2.26. The van der Waals surface area contributed by atoms with Gasteiger partial charge in [0.1, 0.15) is 5.56 Å². The number of rotatable bonds is 7. The van der Waals surface area contributed by atoms with Gasteiger partial charge in [0.05, 0.1) is 6.61 Å². The number of pyridine rings is 1. The van der Waals surface area contributed by atoms with Gasteiger partial charge in [0.15, 0.2) is 0 Å². The number of amides is 1. The molecule has 7 heteroatoms. The molecule has 1 aromatic carbocycles. The van der Waals surface area contributed by atoms with Gasteiger partial charge in [0.2, 0.25) is 0 Å². The van der Waals surface area contributed by atoms with Gasteiger partial charge in [0.25, 0.3) is 11.5 Å². The molecule has 0 fully saturated rings. The van der Waals surface area contributed by atoms with Gasteiger partial charge in [-0.1, -0.05) is 23.7 Å². The predicted octanol–water partition coefficient (Wildman–Crippen LogP) is 2.57. The highest BCUT2D eigenvalue weighted by molar-refractivity contribution is 6.30. The van der Waals surface area contributed by atoms with E-state index in [9.17, 15) is 9.59 Å². The summed E-state index contributed by atoms with van der Waals surface area (Å²) in [5.41, 5.74) is 2.78. The second-order valence-electron chi connectivity index (χ2n) is 6.65. The van der Waals surface area contributed by atoms with Gasteiger partial charge in [-0.05, 0) is 48.6 Å². The number of nitrogens with one attached hydrogen (secondary N) is 3. The number of aromatic amines is 1. The highest BCUT2D eigenvalue weighted by atomic mass is 35.5. The van der Waals surface area contributed by atoms with Gasteiger partial charge in [-0.3, -0.25) is 9.59 Å². The summed E-state index contributed by atoms with van der Waals surface area (Å²) >= 11 is 6.05. The first-order valence-corrected chi connectivity index (χ1v) is 9.47. The van der Waals surface area contributed by atoms with Crippen molar-refractivity contribution in [1.29, 1.82) is 0 Å². The Hall–Kier alpha value is -2.15. The molecular weight excluding hydrogens is 366 g/mol. The fourth-order valence-corrected chi connectivity index (χ4v) is 3.58. The maximum Gasteiger partial charge on any atom is 0.261 e. The Bertz CT molecular complexity index is 866. The number of H-pyrrole nitrogens is 1. The second-order valence-corrected chi connectivity index (χ2v) is 7.09. The van der Waals surface area contributed by atoms with Crippen molar-refractivity contribution in [3.63, 3.8) is 0 Å². The van der Waals surface area contributed by atoms with Crippen LogP contribution >= 0.6 is 11.6 Å². The van der Waals surface area contributed by atoms with E-state index in [0.717, 1.165) is 36.1 Å². The summed E-state index contributed by atoms with van der Waals surface area (Å²) in [6, 6.07) is 9.53. The first-order valence-electron chi connectivity index (χ1n) is 9.09. The third kappa shape index (κ3) is 4.97. The van der Waals surface area contributed by atoms with Crippen molar-refractivity contribution in [2.75, 3.05) is 20.3 Å². The Morgan fingerprint density at radius 1 is 1.37 bits per heavy atom.